The van der Waals surface area contributed by atoms with Gasteiger partial charge < -0.3 is 9.42 Å². The van der Waals surface area contributed by atoms with Gasteiger partial charge in [-0.1, -0.05) is 69.5 Å². The molecule has 0 saturated carbocycles. The van der Waals surface area contributed by atoms with Gasteiger partial charge in [0.1, 0.15) is 0 Å². The molecule has 3 rings (SSSR count). The molecular weight excluding hydrogens is 312 g/mol. The Morgan fingerprint density at radius 1 is 1.00 bits per heavy atom. The first-order valence-electron chi connectivity index (χ1n) is 9.32. The summed E-state index contributed by atoms with van der Waals surface area (Å²) in [6.45, 7) is 8.21. The van der Waals surface area contributed by atoms with E-state index in [4.69, 9.17) is 4.52 Å². The summed E-state index contributed by atoms with van der Waals surface area (Å²) < 4.78 is 5.45. The Kier molecular flexibility index (Phi) is 5.26. The van der Waals surface area contributed by atoms with E-state index in [2.05, 4.69) is 38.1 Å². The fourth-order valence-electron chi connectivity index (χ4n) is 3.26. The van der Waals surface area contributed by atoms with Crippen LogP contribution in [0.4, 0.5) is 0 Å². The predicted octanol–water partition coefficient (Wildman–Crippen LogP) is 5.05. The molecule has 0 radical (unpaired) electrons. The maximum Gasteiger partial charge on any atom is 0.276 e. The van der Waals surface area contributed by atoms with Crippen LogP contribution in [0.25, 0.3) is 11.3 Å². The van der Waals surface area contributed by atoms with Crippen LogP contribution in [-0.4, -0.2) is 29.1 Å². The molecule has 0 spiro atoms. The molecule has 2 aromatic rings. The lowest BCUT2D eigenvalue weighted by Gasteiger charge is -2.23. The molecule has 4 heteroatoms. The van der Waals surface area contributed by atoms with Gasteiger partial charge in [-0.15, -0.1) is 0 Å². The first-order valence-corrected chi connectivity index (χ1v) is 9.32. The highest BCUT2D eigenvalue weighted by atomic mass is 16.5. The Labute approximate surface area is 150 Å². The summed E-state index contributed by atoms with van der Waals surface area (Å²) in [5.74, 6) is 0.638. The predicted molar refractivity (Wildman–Crippen MR) is 99.6 cm³/mol. The lowest BCUT2D eigenvalue weighted by atomic mass is 9.86. The largest absolute Gasteiger partial charge is 0.355 e. The number of benzene rings is 1. The van der Waals surface area contributed by atoms with Crippen molar-refractivity contribution in [3.05, 3.63) is 41.6 Å². The van der Waals surface area contributed by atoms with Gasteiger partial charge in [0.15, 0.2) is 11.5 Å². The molecule has 1 saturated heterocycles. The van der Waals surface area contributed by atoms with Crippen LogP contribution >= 0.6 is 0 Å². The average Bonchev–Trinajstić information content (AvgIpc) is 3.03. The van der Waals surface area contributed by atoms with E-state index in [0.717, 1.165) is 31.5 Å². The Morgan fingerprint density at radius 3 is 2.20 bits per heavy atom. The van der Waals surface area contributed by atoms with Crippen molar-refractivity contribution in [1.29, 1.82) is 0 Å². The Morgan fingerprint density at radius 2 is 1.60 bits per heavy atom. The zero-order chi connectivity index (χ0) is 17.9. The monoisotopic (exact) mass is 340 g/mol. The van der Waals surface area contributed by atoms with E-state index >= 15 is 0 Å². The Hall–Kier alpha value is -2.10. The molecule has 1 aromatic carbocycles. The van der Waals surface area contributed by atoms with E-state index in [1.165, 1.54) is 24.8 Å². The van der Waals surface area contributed by atoms with Crippen molar-refractivity contribution in [2.45, 2.75) is 58.3 Å². The number of likely N-dealkylation sites (tertiary alicyclic amines) is 1. The minimum absolute atomic E-state index is 0.0109. The molecule has 1 aromatic heterocycles. The summed E-state index contributed by atoms with van der Waals surface area (Å²) in [7, 11) is 0. The van der Waals surface area contributed by atoms with Crippen LogP contribution in [0.5, 0.6) is 0 Å². The molecule has 25 heavy (non-hydrogen) atoms. The highest BCUT2D eigenvalue weighted by molar-refractivity contribution is 5.93. The van der Waals surface area contributed by atoms with Crippen LogP contribution in [0.1, 0.15) is 68.9 Å². The van der Waals surface area contributed by atoms with Crippen molar-refractivity contribution in [2.75, 3.05) is 13.1 Å². The molecule has 134 valence electrons. The summed E-state index contributed by atoms with van der Waals surface area (Å²) in [4.78, 5) is 14.6. The third-order valence-electron chi connectivity index (χ3n) is 4.91. The average molecular weight is 340 g/mol. The quantitative estimate of drug-likeness (QED) is 0.769. The van der Waals surface area contributed by atoms with Crippen molar-refractivity contribution < 1.29 is 9.32 Å². The van der Waals surface area contributed by atoms with Crippen LogP contribution in [-0.2, 0) is 5.41 Å². The minimum Gasteiger partial charge on any atom is -0.355 e. The molecule has 1 aliphatic heterocycles. The van der Waals surface area contributed by atoms with Crippen LogP contribution in [0.2, 0.25) is 0 Å². The van der Waals surface area contributed by atoms with E-state index in [1.54, 1.807) is 6.07 Å². The van der Waals surface area contributed by atoms with Crippen LogP contribution in [0.15, 0.2) is 34.9 Å². The molecular formula is C21H28N2O2. The topological polar surface area (TPSA) is 46.3 Å². The van der Waals surface area contributed by atoms with Crippen molar-refractivity contribution in [2.24, 2.45) is 0 Å². The smallest absolute Gasteiger partial charge is 0.276 e. The van der Waals surface area contributed by atoms with Crippen molar-refractivity contribution in [3.63, 3.8) is 0 Å². The first-order chi connectivity index (χ1) is 11.9. The fourth-order valence-corrected chi connectivity index (χ4v) is 3.26. The van der Waals surface area contributed by atoms with Gasteiger partial charge in [0.05, 0.1) is 0 Å². The SMILES string of the molecule is CC(C)(C)c1ccc(-c2cc(C(=O)N3CCCCCCC3)no2)cc1. The number of amides is 1. The first kappa shape index (κ1) is 17.7. The van der Waals surface area contributed by atoms with E-state index in [1.807, 2.05) is 17.0 Å². The number of hydrogen-bond acceptors (Lipinski definition) is 3. The summed E-state index contributed by atoms with van der Waals surface area (Å²) >= 11 is 0. The lowest BCUT2D eigenvalue weighted by Crippen LogP contribution is -2.33. The lowest BCUT2D eigenvalue weighted by molar-refractivity contribution is 0.0732. The molecule has 0 atom stereocenters. The number of nitrogens with zero attached hydrogens (tertiary/aromatic N) is 2. The second-order valence-electron chi connectivity index (χ2n) is 7.96. The summed E-state index contributed by atoms with van der Waals surface area (Å²) in [5, 5.41) is 4.03. The summed E-state index contributed by atoms with van der Waals surface area (Å²) in [6, 6.07) is 10.1. The van der Waals surface area contributed by atoms with Crippen molar-refractivity contribution >= 4 is 5.91 Å². The number of carbonyl (C=O) groups is 1. The van der Waals surface area contributed by atoms with Gasteiger partial charge in [-0.05, 0) is 23.8 Å². The van der Waals surface area contributed by atoms with Crippen LogP contribution in [0, 0.1) is 0 Å². The van der Waals surface area contributed by atoms with E-state index in [0.29, 0.717) is 11.5 Å². The molecule has 0 N–H and O–H groups in total. The number of hydrogen-bond donors (Lipinski definition) is 0. The van der Waals surface area contributed by atoms with E-state index in [-0.39, 0.29) is 11.3 Å². The Bertz CT molecular complexity index is 702. The number of rotatable bonds is 2. The second-order valence-corrected chi connectivity index (χ2v) is 7.96. The third-order valence-corrected chi connectivity index (χ3v) is 4.91. The highest BCUT2D eigenvalue weighted by Gasteiger charge is 2.21. The van der Waals surface area contributed by atoms with E-state index < -0.39 is 0 Å². The normalized spacial score (nSPS) is 16.4. The van der Waals surface area contributed by atoms with Gasteiger partial charge in [-0.2, -0.15) is 0 Å². The van der Waals surface area contributed by atoms with Crippen molar-refractivity contribution in [3.8, 4) is 11.3 Å². The zero-order valence-corrected chi connectivity index (χ0v) is 15.5. The van der Waals surface area contributed by atoms with Gasteiger partial charge in [0.2, 0.25) is 0 Å². The van der Waals surface area contributed by atoms with Gasteiger partial charge in [-0.25, -0.2) is 0 Å². The summed E-state index contributed by atoms with van der Waals surface area (Å²) in [5.41, 5.74) is 2.75. The summed E-state index contributed by atoms with van der Waals surface area (Å²) in [6.07, 6.45) is 5.83. The standard InChI is InChI=1S/C21H28N2O2/c1-21(2,3)17-11-9-16(10-12-17)19-15-18(22-25-19)20(24)23-13-7-5-4-6-8-14-23/h9-12,15H,4-8,13-14H2,1-3H3. The van der Waals surface area contributed by atoms with Gasteiger partial charge >= 0.3 is 0 Å². The third kappa shape index (κ3) is 4.30. The highest BCUT2D eigenvalue weighted by Crippen LogP contribution is 2.27. The molecule has 0 aliphatic carbocycles. The zero-order valence-electron chi connectivity index (χ0n) is 15.5. The molecule has 1 fully saturated rings. The van der Waals surface area contributed by atoms with Gasteiger partial charge in [0, 0.05) is 24.7 Å². The molecule has 0 unspecified atom stereocenters. The van der Waals surface area contributed by atoms with Crippen LogP contribution < -0.4 is 0 Å². The molecule has 4 nitrogen and oxygen atoms in total. The molecule has 1 amide bonds. The van der Waals surface area contributed by atoms with Gasteiger partial charge in [0.25, 0.3) is 5.91 Å². The second kappa shape index (κ2) is 7.42. The Balaban J connectivity index is 1.74. The fraction of sp³-hybridized carbons (Fsp3) is 0.524. The molecule has 1 aliphatic rings. The molecule has 2 heterocycles. The minimum atomic E-state index is -0.0109. The van der Waals surface area contributed by atoms with Crippen molar-refractivity contribution in [1.82, 2.24) is 10.1 Å². The van der Waals surface area contributed by atoms with Gasteiger partial charge in [-0.3, -0.25) is 4.79 Å². The number of aromatic nitrogens is 1. The maximum atomic E-state index is 12.7. The van der Waals surface area contributed by atoms with Crippen LogP contribution in [0.3, 0.4) is 0 Å². The maximum absolute atomic E-state index is 12.7. The van der Waals surface area contributed by atoms with E-state index in [9.17, 15) is 4.79 Å². The number of carbonyl (C=O) groups excluding carboxylic acids is 1. The molecule has 0 bridgehead atoms.